The zero-order chi connectivity index (χ0) is 28.1. The fourth-order valence-electron chi connectivity index (χ4n) is 6.13. The Morgan fingerprint density at radius 2 is 1.66 bits per heavy atom. The van der Waals surface area contributed by atoms with Crippen LogP contribution in [-0.4, -0.2) is 49.6 Å². The van der Waals surface area contributed by atoms with Gasteiger partial charge >= 0.3 is 6.09 Å². The molecule has 2 fully saturated rings. The fourth-order valence-corrected chi connectivity index (χ4v) is 6.13. The standard InChI is InChI=1S/C33H36N6O2/c1-33(2,3)41-32(40)39-15-5-7-29(39)31-36-25-13-12-23(18-27(25)37-31)21-8-9-22-17-24(11-10-20(22)16-21)28-19-35-30(38-28)26-6-4-14-34-26/h8-13,16-19,26,29,34H,4-7,14-15H2,1-3H3,(H,35,38)(H,36,37). The molecule has 2 saturated heterocycles. The number of likely N-dealkylation sites (tertiary alicyclic amines) is 1. The average Bonchev–Trinajstić information content (AvgIpc) is 3.77. The van der Waals surface area contributed by atoms with Gasteiger partial charge in [0.25, 0.3) is 0 Å². The van der Waals surface area contributed by atoms with E-state index in [4.69, 9.17) is 9.72 Å². The largest absolute Gasteiger partial charge is 0.444 e. The molecular formula is C33H36N6O2. The van der Waals surface area contributed by atoms with Gasteiger partial charge in [-0.1, -0.05) is 30.3 Å². The summed E-state index contributed by atoms with van der Waals surface area (Å²) in [6, 6.07) is 19.7. The summed E-state index contributed by atoms with van der Waals surface area (Å²) in [6.07, 6.45) is 5.79. The number of aromatic amines is 2. The predicted molar refractivity (Wildman–Crippen MR) is 162 cm³/mol. The SMILES string of the molecule is CC(C)(C)OC(=O)N1CCCC1c1nc2ccc(-c3ccc4cc(-c5cnc(C6CCCN6)[nH]5)ccc4c3)cc2[nH]1. The number of hydrogen-bond donors (Lipinski definition) is 3. The summed E-state index contributed by atoms with van der Waals surface area (Å²) >= 11 is 0. The Hall–Kier alpha value is -4.17. The van der Waals surface area contributed by atoms with E-state index in [0.29, 0.717) is 12.6 Å². The van der Waals surface area contributed by atoms with Crippen molar-refractivity contribution in [2.24, 2.45) is 0 Å². The minimum atomic E-state index is -0.524. The van der Waals surface area contributed by atoms with Crippen LogP contribution in [0.5, 0.6) is 0 Å². The van der Waals surface area contributed by atoms with Crippen LogP contribution < -0.4 is 5.32 Å². The van der Waals surface area contributed by atoms with Gasteiger partial charge in [-0.15, -0.1) is 0 Å². The maximum absolute atomic E-state index is 12.8. The summed E-state index contributed by atoms with van der Waals surface area (Å²) in [5.74, 6) is 1.84. The summed E-state index contributed by atoms with van der Waals surface area (Å²) in [7, 11) is 0. The first kappa shape index (κ1) is 25.8. The van der Waals surface area contributed by atoms with Crippen molar-refractivity contribution in [3.8, 4) is 22.4 Å². The predicted octanol–water partition coefficient (Wildman–Crippen LogP) is 7.27. The molecule has 8 heteroatoms. The molecule has 0 radical (unpaired) electrons. The van der Waals surface area contributed by atoms with Gasteiger partial charge in [-0.25, -0.2) is 14.8 Å². The second-order valence-electron chi connectivity index (χ2n) is 12.3. The number of fused-ring (bicyclic) bond motifs is 2. The topological polar surface area (TPSA) is 98.9 Å². The van der Waals surface area contributed by atoms with Crippen LogP contribution in [0.15, 0.2) is 60.8 Å². The summed E-state index contributed by atoms with van der Waals surface area (Å²) in [5.41, 5.74) is 5.80. The Balaban J connectivity index is 1.13. The number of carbonyl (C=O) groups is 1. The minimum Gasteiger partial charge on any atom is -0.444 e. The second kappa shape index (κ2) is 10.0. The van der Waals surface area contributed by atoms with E-state index in [-0.39, 0.29) is 12.1 Å². The highest BCUT2D eigenvalue weighted by Crippen LogP contribution is 2.34. The lowest BCUT2D eigenvalue weighted by Gasteiger charge is -2.27. The van der Waals surface area contributed by atoms with Crippen molar-refractivity contribution in [2.45, 2.75) is 64.1 Å². The van der Waals surface area contributed by atoms with Gasteiger partial charge in [0.2, 0.25) is 0 Å². The molecule has 0 aliphatic carbocycles. The lowest BCUT2D eigenvalue weighted by Crippen LogP contribution is -2.36. The van der Waals surface area contributed by atoms with Crippen molar-refractivity contribution in [1.29, 1.82) is 0 Å². The highest BCUT2D eigenvalue weighted by Gasteiger charge is 2.35. The molecule has 4 heterocycles. The number of ether oxygens (including phenoxy) is 1. The maximum atomic E-state index is 12.8. The monoisotopic (exact) mass is 548 g/mol. The molecule has 41 heavy (non-hydrogen) atoms. The Labute approximate surface area is 239 Å². The Kier molecular flexibility index (Phi) is 6.31. The van der Waals surface area contributed by atoms with Crippen LogP contribution in [0.25, 0.3) is 44.2 Å². The van der Waals surface area contributed by atoms with Crippen molar-refractivity contribution in [1.82, 2.24) is 30.2 Å². The smallest absolute Gasteiger partial charge is 0.410 e. The maximum Gasteiger partial charge on any atom is 0.410 e. The molecule has 7 rings (SSSR count). The van der Waals surface area contributed by atoms with Gasteiger partial charge in [-0.2, -0.15) is 0 Å². The molecule has 5 aromatic rings. The van der Waals surface area contributed by atoms with Crippen LogP contribution in [0.1, 0.15) is 70.2 Å². The number of imidazole rings is 2. The Bertz CT molecular complexity index is 1740. The number of carbonyl (C=O) groups excluding carboxylic acids is 1. The first-order valence-corrected chi connectivity index (χ1v) is 14.6. The quantitative estimate of drug-likeness (QED) is 0.219. The third-order valence-electron chi connectivity index (χ3n) is 8.17. The Morgan fingerprint density at radius 1 is 0.902 bits per heavy atom. The molecule has 0 spiro atoms. The molecule has 2 aliphatic heterocycles. The fraction of sp³-hybridized carbons (Fsp3) is 0.364. The van der Waals surface area contributed by atoms with Gasteiger partial charge in [-0.05, 0) is 99.2 Å². The van der Waals surface area contributed by atoms with E-state index in [2.05, 4.69) is 74.9 Å². The number of aromatic nitrogens is 4. The molecule has 8 nitrogen and oxygen atoms in total. The molecule has 0 bridgehead atoms. The lowest BCUT2D eigenvalue weighted by atomic mass is 9.99. The molecule has 0 saturated carbocycles. The summed E-state index contributed by atoms with van der Waals surface area (Å²) in [5, 5.41) is 5.89. The molecule has 1 amide bonds. The highest BCUT2D eigenvalue weighted by atomic mass is 16.6. The summed E-state index contributed by atoms with van der Waals surface area (Å²) in [6.45, 7) is 7.43. The molecule has 2 atom stereocenters. The van der Waals surface area contributed by atoms with Gasteiger partial charge in [0.15, 0.2) is 0 Å². The van der Waals surface area contributed by atoms with Crippen molar-refractivity contribution in [3.05, 3.63) is 72.4 Å². The molecule has 2 unspecified atom stereocenters. The van der Waals surface area contributed by atoms with Gasteiger partial charge in [0, 0.05) is 12.1 Å². The molecule has 2 aliphatic rings. The van der Waals surface area contributed by atoms with Gasteiger partial charge in [0.05, 0.1) is 35.0 Å². The van der Waals surface area contributed by atoms with Crippen LogP contribution in [0.3, 0.4) is 0 Å². The minimum absolute atomic E-state index is 0.101. The number of nitrogens with zero attached hydrogens (tertiary/aromatic N) is 3. The van der Waals surface area contributed by atoms with Crippen LogP contribution in [0.2, 0.25) is 0 Å². The van der Waals surface area contributed by atoms with E-state index in [1.54, 1.807) is 4.90 Å². The van der Waals surface area contributed by atoms with Crippen molar-refractivity contribution >= 4 is 27.9 Å². The third-order valence-corrected chi connectivity index (χ3v) is 8.17. The number of hydrogen-bond acceptors (Lipinski definition) is 5. The average molecular weight is 549 g/mol. The normalized spacial score (nSPS) is 19.4. The van der Waals surface area contributed by atoms with E-state index in [0.717, 1.165) is 70.9 Å². The Morgan fingerprint density at radius 3 is 2.44 bits per heavy atom. The van der Waals surface area contributed by atoms with E-state index in [1.807, 2.05) is 27.0 Å². The van der Waals surface area contributed by atoms with Crippen molar-refractivity contribution in [3.63, 3.8) is 0 Å². The zero-order valence-corrected chi connectivity index (χ0v) is 23.8. The number of amides is 1. The molecule has 210 valence electrons. The van der Waals surface area contributed by atoms with Crippen LogP contribution in [0, 0.1) is 0 Å². The first-order chi connectivity index (χ1) is 19.8. The number of benzene rings is 3. The molecule has 3 N–H and O–H groups in total. The van der Waals surface area contributed by atoms with Gasteiger partial charge < -0.3 is 20.0 Å². The molecule has 2 aromatic heterocycles. The van der Waals surface area contributed by atoms with Crippen molar-refractivity contribution in [2.75, 3.05) is 13.1 Å². The first-order valence-electron chi connectivity index (χ1n) is 14.6. The second-order valence-corrected chi connectivity index (χ2v) is 12.3. The summed E-state index contributed by atoms with van der Waals surface area (Å²) in [4.78, 5) is 31.1. The van der Waals surface area contributed by atoms with Crippen LogP contribution >= 0.6 is 0 Å². The number of H-pyrrole nitrogens is 2. The lowest BCUT2D eigenvalue weighted by molar-refractivity contribution is 0.0219. The molecule has 3 aromatic carbocycles. The van der Waals surface area contributed by atoms with Crippen LogP contribution in [0.4, 0.5) is 4.79 Å². The van der Waals surface area contributed by atoms with E-state index >= 15 is 0 Å². The number of nitrogens with one attached hydrogen (secondary N) is 3. The number of rotatable bonds is 4. The third kappa shape index (κ3) is 5.08. The van der Waals surface area contributed by atoms with Gasteiger partial charge in [-0.3, -0.25) is 4.90 Å². The molecular weight excluding hydrogens is 512 g/mol. The van der Waals surface area contributed by atoms with E-state index in [9.17, 15) is 4.79 Å². The van der Waals surface area contributed by atoms with E-state index in [1.165, 1.54) is 17.2 Å². The highest BCUT2D eigenvalue weighted by molar-refractivity contribution is 5.91. The zero-order valence-electron chi connectivity index (χ0n) is 23.8. The van der Waals surface area contributed by atoms with Gasteiger partial charge in [0.1, 0.15) is 17.2 Å². The summed E-state index contributed by atoms with van der Waals surface area (Å²) < 4.78 is 5.65. The van der Waals surface area contributed by atoms with E-state index < -0.39 is 5.60 Å². The van der Waals surface area contributed by atoms with Crippen LogP contribution in [-0.2, 0) is 4.74 Å². The van der Waals surface area contributed by atoms with Crippen molar-refractivity contribution < 1.29 is 9.53 Å².